The van der Waals surface area contributed by atoms with Gasteiger partial charge in [0.2, 0.25) is 0 Å². The molecule has 0 aliphatic carbocycles. The van der Waals surface area contributed by atoms with Crippen molar-refractivity contribution in [1.29, 1.82) is 0 Å². The van der Waals surface area contributed by atoms with Crippen LogP contribution in [0.2, 0.25) is 0 Å². The molecule has 0 aromatic carbocycles. The van der Waals surface area contributed by atoms with E-state index in [0.29, 0.717) is 0 Å². The van der Waals surface area contributed by atoms with Gasteiger partial charge >= 0.3 is 0 Å². The molecule has 0 saturated heterocycles. The molecule has 3 heteroatoms. The number of hydrogen-bond donors (Lipinski definition) is 1. The third-order valence-corrected chi connectivity index (χ3v) is 2.51. The van der Waals surface area contributed by atoms with Gasteiger partial charge in [-0.1, -0.05) is 19.8 Å². The summed E-state index contributed by atoms with van der Waals surface area (Å²) in [5.41, 5.74) is 2.13. The molecule has 2 aromatic rings. The number of unbranched alkanes of at least 4 members (excludes halogenated alkanes) is 2. The van der Waals surface area contributed by atoms with Gasteiger partial charge in [-0.3, -0.25) is 0 Å². The van der Waals surface area contributed by atoms with Gasteiger partial charge in [-0.15, -0.1) is 0 Å². The lowest BCUT2D eigenvalue weighted by Crippen LogP contribution is -2.02. The largest absolute Gasteiger partial charge is 0.382 e. The molecule has 0 radical (unpaired) electrons. The molecule has 0 bridgehead atoms. The van der Waals surface area contributed by atoms with Gasteiger partial charge < -0.3 is 9.72 Å². The summed E-state index contributed by atoms with van der Waals surface area (Å²) in [7, 11) is 0. The minimum Gasteiger partial charge on any atom is -0.382 e. The lowest BCUT2D eigenvalue weighted by atomic mass is 10.2. The summed E-state index contributed by atoms with van der Waals surface area (Å²) in [6, 6.07) is 4.12. The standard InChI is InChI=1S/C12H17N3/c1-2-3-4-7-13-11-6-5-9-15-10-8-14-12(11)15/h5-6,8-10,13H,2-4,7H2,1H3. The third kappa shape index (κ3) is 2.29. The van der Waals surface area contributed by atoms with Crippen molar-refractivity contribution < 1.29 is 0 Å². The van der Waals surface area contributed by atoms with Crippen molar-refractivity contribution in [2.45, 2.75) is 26.2 Å². The monoisotopic (exact) mass is 203 g/mol. The quantitative estimate of drug-likeness (QED) is 0.757. The van der Waals surface area contributed by atoms with Crippen molar-refractivity contribution >= 4 is 11.3 Å². The van der Waals surface area contributed by atoms with Crippen molar-refractivity contribution in [3.8, 4) is 0 Å². The lowest BCUT2D eigenvalue weighted by molar-refractivity contribution is 0.744. The van der Waals surface area contributed by atoms with Crippen LogP contribution in [0.25, 0.3) is 5.65 Å². The van der Waals surface area contributed by atoms with Gasteiger partial charge in [0.25, 0.3) is 0 Å². The van der Waals surface area contributed by atoms with Gasteiger partial charge in [-0.2, -0.15) is 0 Å². The van der Waals surface area contributed by atoms with E-state index in [1.807, 2.05) is 29.1 Å². The van der Waals surface area contributed by atoms with Crippen LogP contribution in [-0.2, 0) is 0 Å². The summed E-state index contributed by atoms with van der Waals surface area (Å²) in [6.45, 7) is 3.25. The molecular formula is C12H17N3. The number of rotatable bonds is 5. The lowest BCUT2D eigenvalue weighted by Gasteiger charge is -2.06. The summed E-state index contributed by atoms with van der Waals surface area (Å²) in [4.78, 5) is 4.32. The second-order valence-corrected chi connectivity index (χ2v) is 3.71. The minimum atomic E-state index is 1.01. The second kappa shape index (κ2) is 4.82. The number of anilines is 1. The number of hydrogen-bond acceptors (Lipinski definition) is 2. The molecule has 0 atom stereocenters. The van der Waals surface area contributed by atoms with Gasteiger partial charge in [0.1, 0.15) is 0 Å². The zero-order valence-corrected chi connectivity index (χ0v) is 9.11. The SMILES string of the molecule is CCCCCNc1cccn2ccnc12. The van der Waals surface area contributed by atoms with Crippen molar-refractivity contribution in [3.05, 3.63) is 30.7 Å². The Labute approximate surface area is 90.1 Å². The summed E-state index contributed by atoms with van der Waals surface area (Å²) in [5, 5.41) is 3.43. The highest BCUT2D eigenvalue weighted by Crippen LogP contribution is 2.14. The summed E-state index contributed by atoms with van der Waals surface area (Å²) >= 11 is 0. The molecular weight excluding hydrogens is 186 g/mol. The molecule has 0 amide bonds. The van der Waals surface area contributed by atoms with Crippen LogP contribution in [0.5, 0.6) is 0 Å². The smallest absolute Gasteiger partial charge is 0.160 e. The first kappa shape index (κ1) is 10.0. The van der Waals surface area contributed by atoms with Gasteiger partial charge in [-0.05, 0) is 18.6 Å². The molecule has 0 aliphatic rings. The van der Waals surface area contributed by atoms with E-state index in [0.717, 1.165) is 17.9 Å². The molecule has 0 saturated carbocycles. The van der Waals surface area contributed by atoms with E-state index in [9.17, 15) is 0 Å². The molecule has 0 aliphatic heterocycles. The number of imidazole rings is 1. The predicted molar refractivity (Wildman–Crippen MR) is 63.2 cm³/mol. The van der Waals surface area contributed by atoms with Crippen LogP contribution in [0.1, 0.15) is 26.2 Å². The normalized spacial score (nSPS) is 10.7. The van der Waals surface area contributed by atoms with Gasteiger partial charge in [0, 0.05) is 25.1 Å². The highest BCUT2D eigenvalue weighted by Gasteiger charge is 1.99. The van der Waals surface area contributed by atoms with E-state index in [4.69, 9.17) is 0 Å². The van der Waals surface area contributed by atoms with Gasteiger partial charge in [0.05, 0.1) is 5.69 Å². The van der Waals surface area contributed by atoms with E-state index >= 15 is 0 Å². The van der Waals surface area contributed by atoms with E-state index in [2.05, 4.69) is 23.3 Å². The van der Waals surface area contributed by atoms with Gasteiger partial charge in [0.15, 0.2) is 5.65 Å². The number of fused-ring (bicyclic) bond motifs is 1. The molecule has 80 valence electrons. The summed E-state index contributed by atoms with van der Waals surface area (Å²) in [6.07, 6.45) is 9.57. The Hall–Kier alpha value is -1.51. The molecule has 3 nitrogen and oxygen atoms in total. The Morgan fingerprint density at radius 2 is 2.27 bits per heavy atom. The van der Waals surface area contributed by atoms with Crippen LogP contribution in [0.3, 0.4) is 0 Å². The maximum absolute atomic E-state index is 4.32. The topological polar surface area (TPSA) is 29.3 Å². The average Bonchev–Trinajstić information content (AvgIpc) is 2.73. The van der Waals surface area contributed by atoms with Crippen LogP contribution in [0, 0.1) is 0 Å². The van der Waals surface area contributed by atoms with Gasteiger partial charge in [-0.25, -0.2) is 4.98 Å². The fraction of sp³-hybridized carbons (Fsp3) is 0.417. The molecule has 2 aromatic heterocycles. The van der Waals surface area contributed by atoms with Crippen molar-refractivity contribution in [3.63, 3.8) is 0 Å². The fourth-order valence-electron chi connectivity index (χ4n) is 1.68. The van der Waals surface area contributed by atoms with Crippen molar-refractivity contribution in [2.75, 3.05) is 11.9 Å². The fourth-order valence-corrected chi connectivity index (χ4v) is 1.68. The Kier molecular flexibility index (Phi) is 3.22. The Morgan fingerprint density at radius 1 is 1.33 bits per heavy atom. The molecule has 1 N–H and O–H groups in total. The highest BCUT2D eigenvalue weighted by atomic mass is 15.0. The molecule has 0 unspecified atom stereocenters. The van der Waals surface area contributed by atoms with E-state index in [-0.39, 0.29) is 0 Å². The first-order valence-electron chi connectivity index (χ1n) is 5.57. The maximum Gasteiger partial charge on any atom is 0.160 e. The van der Waals surface area contributed by atoms with Crippen molar-refractivity contribution in [1.82, 2.24) is 9.38 Å². The van der Waals surface area contributed by atoms with Crippen molar-refractivity contribution in [2.24, 2.45) is 0 Å². The van der Waals surface area contributed by atoms with E-state index in [1.165, 1.54) is 19.3 Å². The summed E-state index contributed by atoms with van der Waals surface area (Å²) in [5.74, 6) is 0. The number of aromatic nitrogens is 2. The number of nitrogens with zero attached hydrogens (tertiary/aromatic N) is 2. The Morgan fingerprint density at radius 3 is 3.13 bits per heavy atom. The molecule has 0 fully saturated rings. The third-order valence-electron chi connectivity index (χ3n) is 2.51. The molecule has 0 spiro atoms. The molecule has 2 heterocycles. The van der Waals surface area contributed by atoms with Crippen LogP contribution in [0.15, 0.2) is 30.7 Å². The van der Waals surface area contributed by atoms with Crippen LogP contribution < -0.4 is 5.32 Å². The Bertz CT molecular complexity index is 419. The summed E-state index contributed by atoms with van der Waals surface area (Å²) < 4.78 is 2.03. The first-order valence-corrected chi connectivity index (χ1v) is 5.57. The van der Waals surface area contributed by atoms with Crippen LogP contribution >= 0.6 is 0 Å². The highest BCUT2D eigenvalue weighted by molar-refractivity contribution is 5.67. The van der Waals surface area contributed by atoms with E-state index in [1.54, 1.807) is 0 Å². The predicted octanol–water partition coefficient (Wildman–Crippen LogP) is 2.94. The minimum absolute atomic E-state index is 1.01. The van der Waals surface area contributed by atoms with Crippen LogP contribution in [-0.4, -0.2) is 15.9 Å². The number of nitrogens with one attached hydrogen (secondary N) is 1. The van der Waals surface area contributed by atoms with E-state index < -0.39 is 0 Å². The average molecular weight is 203 g/mol. The maximum atomic E-state index is 4.32. The molecule has 2 rings (SSSR count). The molecule has 15 heavy (non-hydrogen) atoms. The zero-order valence-electron chi connectivity index (χ0n) is 9.11. The first-order chi connectivity index (χ1) is 7.42. The Balaban J connectivity index is 2.04. The van der Waals surface area contributed by atoms with Crippen LogP contribution in [0.4, 0.5) is 5.69 Å². The zero-order chi connectivity index (χ0) is 10.5. The second-order valence-electron chi connectivity index (χ2n) is 3.71. The number of pyridine rings is 1.